The van der Waals surface area contributed by atoms with Gasteiger partial charge < -0.3 is 4.90 Å². The summed E-state index contributed by atoms with van der Waals surface area (Å²) in [5.41, 5.74) is 2.87. The third-order valence-electron chi connectivity index (χ3n) is 9.29. The van der Waals surface area contributed by atoms with Gasteiger partial charge in [-0.2, -0.15) is 13.2 Å². The normalized spacial score (nSPS) is 19.5. The number of hydrogen-bond donors (Lipinski definition) is 1. The number of carbonyl (C=O) groups excluding carboxylic acids is 3. The molecule has 3 aliphatic heterocycles. The van der Waals surface area contributed by atoms with Crippen molar-refractivity contribution in [3.63, 3.8) is 0 Å². The number of aromatic nitrogens is 2. The van der Waals surface area contributed by atoms with Crippen molar-refractivity contribution in [3.8, 4) is 5.69 Å². The molecule has 0 bridgehead atoms. The van der Waals surface area contributed by atoms with Crippen LogP contribution < -0.4 is 10.9 Å². The molecule has 0 spiro atoms. The fraction of sp³-hybridized carbons (Fsp3) is 0.324. The zero-order valence-electron chi connectivity index (χ0n) is 24.7. The van der Waals surface area contributed by atoms with Gasteiger partial charge in [-0.15, -0.1) is 0 Å². The Kier molecular flexibility index (Phi) is 7.47. The van der Waals surface area contributed by atoms with Crippen LogP contribution in [0.15, 0.2) is 71.8 Å². The smallest absolute Gasteiger partial charge is 0.322 e. The zero-order valence-corrected chi connectivity index (χ0v) is 24.7. The van der Waals surface area contributed by atoms with Crippen molar-refractivity contribution in [2.75, 3.05) is 13.1 Å². The van der Waals surface area contributed by atoms with E-state index in [1.54, 1.807) is 17.0 Å². The van der Waals surface area contributed by atoms with Crippen LogP contribution in [0.3, 0.4) is 0 Å². The first kappa shape index (κ1) is 29.8. The van der Waals surface area contributed by atoms with E-state index in [1.807, 2.05) is 18.2 Å². The van der Waals surface area contributed by atoms with Crippen LogP contribution in [0.1, 0.15) is 64.2 Å². The summed E-state index contributed by atoms with van der Waals surface area (Å²) in [6.45, 7) is 2.60. The number of nitrogens with one attached hydrogen (secondary N) is 1. The van der Waals surface area contributed by atoms with E-state index >= 15 is 0 Å². The average molecular weight is 630 g/mol. The summed E-state index contributed by atoms with van der Waals surface area (Å²) >= 11 is 0. The van der Waals surface area contributed by atoms with Gasteiger partial charge in [0.2, 0.25) is 11.8 Å². The molecule has 9 nitrogen and oxygen atoms in total. The van der Waals surface area contributed by atoms with Crippen LogP contribution in [0.2, 0.25) is 0 Å². The standard InChI is InChI=1S/C34H30F3N5O4/c35-34(36,37)24-2-1-3-25(16-24)42-19-38-28-7-4-20(14-27(28)33(42)46)17-40-12-10-21(11-13-40)22-5-6-26-23(15-22)18-41(32(26)45)29-8-9-30(43)39-31(29)44/h1-7,14-16,19,21,29H,8-13,17-18H2,(H,39,43,44). The molecule has 4 aromatic rings. The molecule has 1 atom stereocenters. The van der Waals surface area contributed by atoms with Gasteiger partial charge in [-0.1, -0.05) is 24.3 Å². The lowest BCUT2D eigenvalue weighted by Gasteiger charge is -2.32. The van der Waals surface area contributed by atoms with E-state index in [0.29, 0.717) is 41.9 Å². The number of imide groups is 1. The predicted molar refractivity (Wildman–Crippen MR) is 162 cm³/mol. The molecule has 3 aliphatic rings. The quantitative estimate of drug-likeness (QED) is 0.325. The molecule has 2 saturated heterocycles. The lowest BCUT2D eigenvalue weighted by Crippen LogP contribution is -2.52. The fourth-order valence-corrected chi connectivity index (χ4v) is 6.81. The number of likely N-dealkylation sites (tertiary alicyclic amines) is 1. The van der Waals surface area contributed by atoms with Crippen LogP contribution in [-0.4, -0.2) is 56.2 Å². The van der Waals surface area contributed by atoms with Crippen molar-refractivity contribution in [2.45, 2.75) is 56.9 Å². The Bertz CT molecular complexity index is 1950. The third-order valence-corrected chi connectivity index (χ3v) is 9.29. The van der Waals surface area contributed by atoms with Crippen molar-refractivity contribution in [3.05, 3.63) is 105 Å². The Morgan fingerprint density at radius 1 is 0.913 bits per heavy atom. The molecule has 1 N–H and O–H groups in total. The van der Waals surface area contributed by atoms with Gasteiger partial charge in [-0.05, 0) is 91.4 Å². The fourth-order valence-electron chi connectivity index (χ4n) is 6.81. The highest BCUT2D eigenvalue weighted by Gasteiger charge is 2.39. The van der Waals surface area contributed by atoms with Crippen molar-refractivity contribution < 1.29 is 27.6 Å². The van der Waals surface area contributed by atoms with E-state index in [0.717, 1.165) is 59.3 Å². The number of nitrogens with zero attached hydrogens (tertiary/aromatic N) is 4. The lowest BCUT2D eigenvalue weighted by molar-refractivity contribution is -0.138. The summed E-state index contributed by atoms with van der Waals surface area (Å²) in [7, 11) is 0. The molecule has 236 valence electrons. The monoisotopic (exact) mass is 629 g/mol. The van der Waals surface area contributed by atoms with Crippen LogP contribution >= 0.6 is 0 Å². The highest BCUT2D eigenvalue weighted by molar-refractivity contribution is 6.05. The Morgan fingerprint density at radius 3 is 2.48 bits per heavy atom. The number of piperidine rings is 2. The minimum atomic E-state index is -4.52. The van der Waals surface area contributed by atoms with Gasteiger partial charge >= 0.3 is 6.18 Å². The first-order valence-corrected chi connectivity index (χ1v) is 15.2. The molecule has 1 aromatic heterocycles. The van der Waals surface area contributed by atoms with Crippen molar-refractivity contribution in [1.29, 1.82) is 0 Å². The molecule has 7 rings (SSSR count). The van der Waals surface area contributed by atoms with Gasteiger partial charge in [0.05, 0.1) is 22.2 Å². The number of fused-ring (bicyclic) bond motifs is 2. The van der Waals surface area contributed by atoms with Gasteiger partial charge in [0, 0.05) is 25.1 Å². The van der Waals surface area contributed by atoms with E-state index in [-0.39, 0.29) is 23.9 Å². The van der Waals surface area contributed by atoms with Crippen molar-refractivity contribution in [1.82, 2.24) is 24.7 Å². The minimum Gasteiger partial charge on any atom is -0.322 e. The van der Waals surface area contributed by atoms with Gasteiger partial charge in [0.1, 0.15) is 12.4 Å². The molecule has 1 unspecified atom stereocenters. The molecule has 2 fully saturated rings. The molecule has 12 heteroatoms. The van der Waals surface area contributed by atoms with E-state index in [1.165, 1.54) is 18.5 Å². The Balaban J connectivity index is 1.02. The number of hydrogen-bond acceptors (Lipinski definition) is 6. The lowest BCUT2D eigenvalue weighted by atomic mass is 9.87. The van der Waals surface area contributed by atoms with E-state index in [4.69, 9.17) is 0 Å². The first-order valence-electron chi connectivity index (χ1n) is 15.2. The molecule has 0 radical (unpaired) electrons. The third kappa shape index (κ3) is 5.57. The Hall–Kier alpha value is -4.84. The van der Waals surface area contributed by atoms with Crippen LogP contribution in [0, 0.1) is 0 Å². The van der Waals surface area contributed by atoms with Gasteiger partial charge in [-0.25, -0.2) is 4.98 Å². The average Bonchev–Trinajstić information content (AvgIpc) is 3.36. The Morgan fingerprint density at radius 2 is 1.72 bits per heavy atom. The highest BCUT2D eigenvalue weighted by atomic mass is 19.4. The molecule has 3 aromatic carbocycles. The van der Waals surface area contributed by atoms with Crippen LogP contribution in [0.25, 0.3) is 16.6 Å². The minimum absolute atomic E-state index is 0.0984. The second-order valence-corrected chi connectivity index (χ2v) is 12.2. The maximum atomic E-state index is 13.3. The van der Waals surface area contributed by atoms with Crippen LogP contribution in [0.5, 0.6) is 0 Å². The topological polar surface area (TPSA) is 105 Å². The van der Waals surface area contributed by atoms with Crippen molar-refractivity contribution in [2.24, 2.45) is 0 Å². The van der Waals surface area contributed by atoms with E-state index in [9.17, 15) is 32.3 Å². The molecule has 0 saturated carbocycles. The number of rotatable bonds is 5. The number of carbonyl (C=O) groups is 3. The summed E-state index contributed by atoms with van der Waals surface area (Å²) < 4.78 is 40.9. The molecular formula is C34H30F3N5O4. The number of halogens is 3. The van der Waals surface area contributed by atoms with Crippen molar-refractivity contribution >= 4 is 28.6 Å². The molecule has 3 amide bonds. The van der Waals surface area contributed by atoms with Gasteiger partial charge in [0.15, 0.2) is 0 Å². The largest absolute Gasteiger partial charge is 0.416 e. The SMILES string of the molecule is O=C1CCC(N2Cc3cc(C4CCN(Cc5ccc6ncn(-c7cccc(C(F)(F)F)c7)c(=O)c6c5)CC4)ccc3C2=O)C(=O)N1. The second-order valence-electron chi connectivity index (χ2n) is 12.2. The van der Waals surface area contributed by atoms with E-state index in [2.05, 4.69) is 21.3 Å². The van der Waals surface area contributed by atoms with Crippen LogP contribution in [0.4, 0.5) is 13.2 Å². The highest BCUT2D eigenvalue weighted by Crippen LogP contribution is 2.34. The molecule has 46 heavy (non-hydrogen) atoms. The first-order chi connectivity index (χ1) is 22.0. The Labute approximate surface area is 261 Å². The summed E-state index contributed by atoms with van der Waals surface area (Å²) in [6.07, 6.45) is -0.916. The second kappa shape index (κ2) is 11.5. The van der Waals surface area contributed by atoms with Gasteiger partial charge in [0.25, 0.3) is 11.5 Å². The summed E-state index contributed by atoms with van der Waals surface area (Å²) in [6, 6.07) is 15.4. The summed E-state index contributed by atoms with van der Waals surface area (Å²) in [5, 5.41) is 2.67. The number of amides is 3. The maximum absolute atomic E-state index is 13.3. The molecule has 4 heterocycles. The number of alkyl halides is 3. The number of benzene rings is 3. The summed E-state index contributed by atoms with van der Waals surface area (Å²) in [5.74, 6) is -0.608. The van der Waals surface area contributed by atoms with Gasteiger partial charge in [-0.3, -0.25) is 34.0 Å². The zero-order chi connectivity index (χ0) is 32.2. The summed E-state index contributed by atoms with van der Waals surface area (Å²) in [4.78, 5) is 58.5. The maximum Gasteiger partial charge on any atom is 0.416 e. The van der Waals surface area contributed by atoms with E-state index < -0.39 is 29.2 Å². The van der Waals surface area contributed by atoms with Crippen LogP contribution in [-0.2, 0) is 28.9 Å². The predicted octanol–water partition coefficient (Wildman–Crippen LogP) is 4.55. The molecular weight excluding hydrogens is 599 g/mol. The molecule has 0 aliphatic carbocycles.